The Bertz CT molecular complexity index is 233. The quantitative estimate of drug-likeness (QED) is 0.679. The van der Waals surface area contributed by atoms with Crippen molar-refractivity contribution >= 4 is 0 Å². The average molecular weight is 204 g/mol. The first kappa shape index (κ1) is 10.3. The highest BCUT2D eigenvalue weighted by Crippen LogP contribution is 2.43. The molecule has 0 aliphatic carbocycles. The van der Waals surface area contributed by atoms with Gasteiger partial charge >= 0.3 is 0 Å². The van der Waals surface area contributed by atoms with Crippen molar-refractivity contribution in [2.24, 2.45) is 0 Å². The summed E-state index contributed by atoms with van der Waals surface area (Å²) in [6.07, 6.45) is -0.580. The van der Waals surface area contributed by atoms with Crippen molar-refractivity contribution in [3.8, 4) is 0 Å². The molecule has 5 nitrogen and oxygen atoms in total. The Morgan fingerprint density at radius 3 is 2.71 bits per heavy atom. The van der Waals surface area contributed by atoms with Crippen LogP contribution in [-0.4, -0.2) is 49.2 Å². The summed E-state index contributed by atoms with van der Waals surface area (Å²) in [6, 6.07) is 0. The molecular formula is C9H16O5. The fraction of sp³-hybridized carbons (Fsp3) is 1.00. The SMILES string of the molecule is CO[C@]1(C)O[C@@H](CO)[C@H]2CO[C@]1(C)O2. The van der Waals surface area contributed by atoms with Crippen LogP contribution in [-0.2, 0) is 18.9 Å². The third-order valence-electron chi connectivity index (χ3n) is 3.08. The Balaban J connectivity index is 2.25. The number of methoxy groups -OCH3 is 1. The first-order valence-electron chi connectivity index (χ1n) is 4.70. The lowest BCUT2D eigenvalue weighted by Crippen LogP contribution is -2.61. The molecule has 2 bridgehead atoms. The van der Waals surface area contributed by atoms with Gasteiger partial charge in [0.05, 0.1) is 13.2 Å². The van der Waals surface area contributed by atoms with E-state index in [1.165, 1.54) is 7.11 Å². The van der Waals surface area contributed by atoms with Gasteiger partial charge in [-0.3, -0.25) is 0 Å². The van der Waals surface area contributed by atoms with Crippen LogP contribution in [0, 0.1) is 0 Å². The minimum absolute atomic E-state index is 0.0942. The van der Waals surface area contributed by atoms with E-state index in [-0.39, 0.29) is 18.8 Å². The Labute approximate surface area is 82.9 Å². The molecule has 0 spiro atoms. The maximum atomic E-state index is 9.11. The van der Waals surface area contributed by atoms with Crippen LogP contribution in [0.2, 0.25) is 0 Å². The number of ether oxygens (including phenoxy) is 4. The molecule has 5 heteroatoms. The van der Waals surface area contributed by atoms with Crippen molar-refractivity contribution in [2.75, 3.05) is 20.3 Å². The highest BCUT2D eigenvalue weighted by atomic mass is 16.8. The predicted octanol–water partition coefficient (Wildman–Crippen LogP) is -0.128. The second kappa shape index (κ2) is 3.15. The Kier molecular flexibility index (Phi) is 2.32. The van der Waals surface area contributed by atoms with Crippen molar-refractivity contribution in [1.29, 1.82) is 0 Å². The van der Waals surface area contributed by atoms with Crippen LogP contribution in [0.15, 0.2) is 0 Å². The first-order valence-corrected chi connectivity index (χ1v) is 4.70. The second-order valence-corrected chi connectivity index (χ2v) is 3.90. The number of aliphatic hydroxyl groups is 1. The third kappa shape index (κ3) is 1.20. The van der Waals surface area contributed by atoms with Crippen molar-refractivity contribution in [3.63, 3.8) is 0 Å². The molecule has 4 atom stereocenters. The van der Waals surface area contributed by atoms with E-state index < -0.39 is 11.6 Å². The summed E-state index contributed by atoms with van der Waals surface area (Å²) in [6.45, 7) is 3.87. The van der Waals surface area contributed by atoms with Crippen LogP contribution >= 0.6 is 0 Å². The average Bonchev–Trinajstić information content (AvgIpc) is 2.54. The van der Waals surface area contributed by atoms with Crippen molar-refractivity contribution in [2.45, 2.75) is 37.6 Å². The van der Waals surface area contributed by atoms with Gasteiger partial charge in [0.25, 0.3) is 0 Å². The molecule has 2 heterocycles. The summed E-state index contributed by atoms with van der Waals surface area (Å²) in [5, 5.41) is 9.11. The molecule has 2 rings (SSSR count). The molecule has 0 saturated carbocycles. The minimum atomic E-state index is -0.965. The zero-order valence-corrected chi connectivity index (χ0v) is 8.65. The summed E-state index contributed by atoms with van der Waals surface area (Å²) >= 11 is 0. The number of rotatable bonds is 2. The number of fused-ring (bicyclic) bond motifs is 2. The van der Waals surface area contributed by atoms with Crippen LogP contribution in [0.4, 0.5) is 0 Å². The summed E-state index contributed by atoms with van der Waals surface area (Å²) in [5.74, 6) is -1.84. The number of aliphatic hydroxyl groups excluding tert-OH is 1. The van der Waals surface area contributed by atoms with Gasteiger partial charge in [0.1, 0.15) is 12.2 Å². The van der Waals surface area contributed by atoms with E-state index in [9.17, 15) is 0 Å². The lowest BCUT2D eigenvalue weighted by atomic mass is 10.1. The molecule has 0 aromatic rings. The van der Waals surface area contributed by atoms with Gasteiger partial charge in [-0.1, -0.05) is 0 Å². The normalized spacial score (nSPS) is 52.3. The topological polar surface area (TPSA) is 57.2 Å². The molecule has 0 amide bonds. The molecule has 0 unspecified atom stereocenters. The van der Waals surface area contributed by atoms with E-state index in [0.717, 1.165) is 0 Å². The first-order chi connectivity index (χ1) is 6.54. The molecule has 2 fully saturated rings. The molecule has 82 valence electrons. The summed E-state index contributed by atoms with van der Waals surface area (Å²) in [5.41, 5.74) is 0. The molecule has 0 aromatic carbocycles. The summed E-state index contributed by atoms with van der Waals surface area (Å²) < 4.78 is 22.1. The van der Waals surface area contributed by atoms with Crippen LogP contribution in [0.3, 0.4) is 0 Å². The molecule has 0 radical (unpaired) electrons. The maximum Gasteiger partial charge on any atom is 0.221 e. The van der Waals surface area contributed by atoms with Gasteiger partial charge in [-0.15, -0.1) is 0 Å². The van der Waals surface area contributed by atoms with Crippen molar-refractivity contribution < 1.29 is 24.1 Å². The largest absolute Gasteiger partial charge is 0.394 e. The van der Waals surface area contributed by atoms with Gasteiger partial charge < -0.3 is 24.1 Å². The van der Waals surface area contributed by atoms with Gasteiger partial charge in [-0.25, -0.2) is 0 Å². The zero-order valence-electron chi connectivity index (χ0n) is 8.65. The van der Waals surface area contributed by atoms with Gasteiger partial charge in [-0.05, 0) is 13.8 Å². The molecule has 0 aromatic heterocycles. The van der Waals surface area contributed by atoms with E-state index in [0.29, 0.717) is 6.61 Å². The minimum Gasteiger partial charge on any atom is -0.394 e. The summed E-state index contributed by atoms with van der Waals surface area (Å²) in [7, 11) is 1.53. The smallest absolute Gasteiger partial charge is 0.221 e. The lowest BCUT2D eigenvalue weighted by Gasteiger charge is -2.46. The van der Waals surface area contributed by atoms with Crippen LogP contribution < -0.4 is 0 Å². The van der Waals surface area contributed by atoms with Gasteiger partial charge in [-0.2, -0.15) is 0 Å². The Morgan fingerprint density at radius 2 is 2.14 bits per heavy atom. The van der Waals surface area contributed by atoms with E-state index in [4.69, 9.17) is 24.1 Å². The zero-order chi connectivity index (χ0) is 10.4. The van der Waals surface area contributed by atoms with Crippen molar-refractivity contribution in [3.05, 3.63) is 0 Å². The van der Waals surface area contributed by atoms with Gasteiger partial charge in [0.15, 0.2) is 0 Å². The fourth-order valence-corrected chi connectivity index (χ4v) is 1.88. The van der Waals surface area contributed by atoms with E-state index in [1.54, 1.807) is 13.8 Å². The monoisotopic (exact) mass is 204 g/mol. The molecule has 2 saturated heterocycles. The Morgan fingerprint density at radius 1 is 1.43 bits per heavy atom. The van der Waals surface area contributed by atoms with Crippen LogP contribution in [0.25, 0.3) is 0 Å². The molecule has 2 aliphatic heterocycles. The number of hydrogen-bond donors (Lipinski definition) is 1. The summed E-state index contributed by atoms with van der Waals surface area (Å²) in [4.78, 5) is 0. The fourth-order valence-electron chi connectivity index (χ4n) is 1.88. The highest BCUT2D eigenvalue weighted by molar-refractivity contribution is 4.95. The molecule has 1 N–H and O–H groups in total. The molecule has 2 aliphatic rings. The van der Waals surface area contributed by atoms with E-state index in [1.807, 2.05) is 0 Å². The lowest BCUT2D eigenvalue weighted by molar-refractivity contribution is -0.409. The highest BCUT2D eigenvalue weighted by Gasteiger charge is 2.60. The molecular weight excluding hydrogens is 188 g/mol. The van der Waals surface area contributed by atoms with E-state index in [2.05, 4.69) is 0 Å². The third-order valence-corrected chi connectivity index (χ3v) is 3.08. The van der Waals surface area contributed by atoms with Gasteiger partial charge in [0.2, 0.25) is 11.6 Å². The standard InChI is InChI=1S/C9H16O5/c1-8(11-3)9(2)12-5-7(14-9)6(4-10)13-8/h6-7,10H,4-5H2,1-3H3/t6-,7+,8+,9+/m0/s1. The van der Waals surface area contributed by atoms with Gasteiger partial charge in [0, 0.05) is 7.11 Å². The van der Waals surface area contributed by atoms with Crippen LogP contribution in [0.1, 0.15) is 13.8 Å². The Hall–Kier alpha value is -0.200. The maximum absolute atomic E-state index is 9.11. The molecule has 14 heavy (non-hydrogen) atoms. The van der Waals surface area contributed by atoms with Crippen LogP contribution in [0.5, 0.6) is 0 Å². The van der Waals surface area contributed by atoms with Crippen molar-refractivity contribution in [1.82, 2.24) is 0 Å². The predicted molar refractivity (Wildman–Crippen MR) is 46.6 cm³/mol. The number of hydrogen-bond acceptors (Lipinski definition) is 5. The van der Waals surface area contributed by atoms with E-state index >= 15 is 0 Å². The second-order valence-electron chi connectivity index (χ2n) is 3.90.